The molecule has 1 N–H and O–H groups in total. The molecular weight excluding hydrogens is 288 g/mol. The van der Waals surface area contributed by atoms with Gasteiger partial charge in [0.2, 0.25) is 0 Å². The van der Waals surface area contributed by atoms with Gasteiger partial charge in [0.25, 0.3) is 0 Å². The van der Waals surface area contributed by atoms with Gasteiger partial charge in [-0.1, -0.05) is 17.7 Å². The second-order valence-electron chi connectivity index (χ2n) is 5.06. The first-order valence-corrected chi connectivity index (χ1v) is 7.18. The van der Waals surface area contributed by atoms with Gasteiger partial charge in [-0.25, -0.2) is 4.79 Å². The predicted octanol–water partition coefficient (Wildman–Crippen LogP) is 3.57. The van der Waals surface area contributed by atoms with Crippen molar-refractivity contribution >= 4 is 17.6 Å². The van der Waals surface area contributed by atoms with E-state index < -0.39 is 0 Å². The fraction of sp³-hybridized carbons (Fsp3) is 0.312. The smallest absolute Gasteiger partial charge is 0.340 e. The van der Waals surface area contributed by atoms with Crippen molar-refractivity contribution in [3.8, 4) is 11.1 Å². The molecule has 4 nitrogen and oxygen atoms in total. The zero-order chi connectivity index (χ0) is 15.4. The maximum absolute atomic E-state index is 12.0. The summed E-state index contributed by atoms with van der Waals surface area (Å²) in [5.74, 6) is -0.345. The Bertz CT molecular complexity index is 635. The van der Waals surface area contributed by atoms with Gasteiger partial charge in [-0.15, -0.1) is 0 Å². The van der Waals surface area contributed by atoms with Crippen molar-refractivity contribution in [3.05, 3.63) is 46.7 Å². The van der Waals surface area contributed by atoms with E-state index >= 15 is 0 Å². The molecule has 1 aromatic heterocycles. The number of benzene rings is 1. The average molecular weight is 307 g/mol. The van der Waals surface area contributed by atoms with E-state index in [2.05, 4.69) is 9.88 Å². The number of hydrogen-bond donors (Lipinski definition) is 1. The molecule has 0 aliphatic carbocycles. The predicted molar refractivity (Wildman–Crippen MR) is 84.6 cm³/mol. The van der Waals surface area contributed by atoms with Crippen molar-refractivity contribution in [3.63, 3.8) is 0 Å². The quantitative estimate of drug-likeness (QED) is 0.859. The molecule has 2 aromatic rings. The molecule has 1 aromatic carbocycles. The summed E-state index contributed by atoms with van der Waals surface area (Å²) in [6.45, 7) is 2.94. The van der Waals surface area contributed by atoms with Crippen LogP contribution in [0.2, 0.25) is 5.02 Å². The maximum Gasteiger partial charge on any atom is 0.340 e. The van der Waals surface area contributed by atoms with Crippen LogP contribution in [0.1, 0.15) is 22.8 Å². The van der Waals surface area contributed by atoms with Crippen LogP contribution in [0.15, 0.2) is 30.6 Å². The third kappa shape index (κ3) is 3.65. The maximum atomic E-state index is 12.0. The van der Waals surface area contributed by atoms with E-state index in [0.29, 0.717) is 17.2 Å². The van der Waals surface area contributed by atoms with Crippen molar-refractivity contribution < 1.29 is 9.53 Å². The summed E-state index contributed by atoms with van der Waals surface area (Å²) in [7, 11) is 4.02. The standard InChI is InChI=1S/C16H19ClN2O2/c1-4-21-16(20)14-9-18-8-13(14)12-7-11(10-19(2)3)5-6-15(12)17/h5-9,18H,4,10H2,1-3H3. The molecule has 0 unspecified atom stereocenters. The molecule has 2 rings (SSSR count). The second kappa shape index (κ2) is 6.78. The minimum atomic E-state index is -0.345. The van der Waals surface area contributed by atoms with Gasteiger partial charge >= 0.3 is 5.97 Å². The number of aromatic amines is 1. The Labute approximate surface area is 129 Å². The molecule has 0 atom stereocenters. The van der Waals surface area contributed by atoms with Gasteiger partial charge in [0, 0.05) is 35.1 Å². The van der Waals surface area contributed by atoms with E-state index in [9.17, 15) is 4.79 Å². The van der Waals surface area contributed by atoms with Gasteiger partial charge < -0.3 is 14.6 Å². The molecule has 21 heavy (non-hydrogen) atoms. The van der Waals surface area contributed by atoms with Crippen molar-refractivity contribution in [2.45, 2.75) is 13.5 Å². The first kappa shape index (κ1) is 15.6. The van der Waals surface area contributed by atoms with E-state index in [1.807, 2.05) is 32.3 Å². The summed E-state index contributed by atoms with van der Waals surface area (Å²) >= 11 is 6.30. The zero-order valence-corrected chi connectivity index (χ0v) is 13.2. The van der Waals surface area contributed by atoms with E-state index in [-0.39, 0.29) is 5.97 Å². The second-order valence-corrected chi connectivity index (χ2v) is 5.46. The highest BCUT2D eigenvalue weighted by molar-refractivity contribution is 6.33. The monoisotopic (exact) mass is 306 g/mol. The van der Waals surface area contributed by atoms with E-state index in [1.54, 1.807) is 19.3 Å². The molecule has 1 heterocycles. The molecule has 0 bridgehead atoms. The average Bonchev–Trinajstić information content (AvgIpc) is 2.90. The zero-order valence-electron chi connectivity index (χ0n) is 12.4. The molecule has 0 saturated carbocycles. The molecule has 0 aliphatic rings. The van der Waals surface area contributed by atoms with Crippen molar-refractivity contribution in [1.82, 2.24) is 9.88 Å². The SMILES string of the molecule is CCOC(=O)c1c[nH]cc1-c1cc(CN(C)C)ccc1Cl. The van der Waals surface area contributed by atoms with E-state index in [1.165, 1.54) is 0 Å². The number of aromatic nitrogens is 1. The summed E-state index contributed by atoms with van der Waals surface area (Å²) in [6.07, 6.45) is 3.41. The normalized spacial score (nSPS) is 10.9. The Morgan fingerprint density at radius 2 is 2.05 bits per heavy atom. The van der Waals surface area contributed by atoms with E-state index in [0.717, 1.165) is 23.2 Å². The van der Waals surface area contributed by atoms with Crippen LogP contribution in [0, 0.1) is 0 Å². The summed E-state index contributed by atoms with van der Waals surface area (Å²) in [4.78, 5) is 17.0. The lowest BCUT2D eigenvalue weighted by molar-refractivity contribution is 0.0527. The molecule has 5 heteroatoms. The van der Waals surface area contributed by atoms with Crippen LogP contribution in [0.4, 0.5) is 0 Å². The third-order valence-corrected chi connectivity index (χ3v) is 3.39. The van der Waals surface area contributed by atoms with Crippen molar-refractivity contribution in [2.75, 3.05) is 20.7 Å². The number of esters is 1. The number of rotatable bonds is 5. The van der Waals surface area contributed by atoms with Crippen LogP contribution in [0.5, 0.6) is 0 Å². The highest BCUT2D eigenvalue weighted by Crippen LogP contribution is 2.32. The lowest BCUT2D eigenvalue weighted by Crippen LogP contribution is -2.10. The van der Waals surface area contributed by atoms with Gasteiger partial charge in [-0.3, -0.25) is 0 Å². The van der Waals surface area contributed by atoms with Crippen LogP contribution in [0.3, 0.4) is 0 Å². The van der Waals surface area contributed by atoms with Gasteiger partial charge in [0.15, 0.2) is 0 Å². The van der Waals surface area contributed by atoms with Crippen LogP contribution in [-0.4, -0.2) is 36.6 Å². The number of hydrogen-bond acceptors (Lipinski definition) is 3. The number of carbonyl (C=O) groups excluding carboxylic acids is 1. The first-order chi connectivity index (χ1) is 10.0. The Morgan fingerprint density at radius 3 is 2.71 bits per heavy atom. The Balaban J connectivity index is 2.42. The van der Waals surface area contributed by atoms with Crippen LogP contribution >= 0.6 is 11.6 Å². The van der Waals surface area contributed by atoms with Gasteiger partial charge in [0.05, 0.1) is 12.2 Å². The Hall–Kier alpha value is -1.78. The van der Waals surface area contributed by atoms with Gasteiger partial charge in [0.1, 0.15) is 0 Å². The number of nitrogens with one attached hydrogen (secondary N) is 1. The largest absolute Gasteiger partial charge is 0.462 e. The van der Waals surface area contributed by atoms with Crippen LogP contribution in [-0.2, 0) is 11.3 Å². The van der Waals surface area contributed by atoms with Crippen LogP contribution in [0.25, 0.3) is 11.1 Å². The topological polar surface area (TPSA) is 45.3 Å². The summed E-state index contributed by atoms with van der Waals surface area (Å²) in [5, 5.41) is 0.614. The summed E-state index contributed by atoms with van der Waals surface area (Å²) in [5.41, 5.74) is 3.23. The molecule has 0 aliphatic heterocycles. The fourth-order valence-corrected chi connectivity index (χ4v) is 2.43. The number of nitrogens with zero attached hydrogens (tertiary/aromatic N) is 1. The summed E-state index contributed by atoms with van der Waals surface area (Å²) in [6, 6.07) is 5.86. The minimum Gasteiger partial charge on any atom is -0.462 e. The molecule has 112 valence electrons. The number of ether oxygens (including phenoxy) is 1. The van der Waals surface area contributed by atoms with Crippen molar-refractivity contribution in [2.24, 2.45) is 0 Å². The lowest BCUT2D eigenvalue weighted by atomic mass is 10.0. The highest BCUT2D eigenvalue weighted by atomic mass is 35.5. The fourth-order valence-electron chi connectivity index (χ4n) is 2.21. The molecule has 0 radical (unpaired) electrons. The van der Waals surface area contributed by atoms with Gasteiger partial charge in [-0.2, -0.15) is 0 Å². The minimum absolute atomic E-state index is 0.345. The highest BCUT2D eigenvalue weighted by Gasteiger charge is 2.17. The van der Waals surface area contributed by atoms with Crippen LogP contribution < -0.4 is 0 Å². The molecule has 0 amide bonds. The molecule has 0 saturated heterocycles. The number of carbonyl (C=O) groups is 1. The number of halogens is 1. The molecule has 0 spiro atoms. The number of H-pyrrole nitrogens is 1. The molecule has 0 fully saturated rings. The Morgan fingerprint density at radius 1 is 1.29 bits per heavy atom. The van der Waals surface area contributed by atoms with Gasteiger partial charge in [-0.05, 0) is 38.7 Å². The molecular formula is C16H19ClN2O2. The summed E-state index contributed by atoms with van der Waals surface area (Å²) < 4.78 is 5.07. The van der Waals surface area contributed by atoms with Crippen molar-refractivity contribution in [1.29, 1.82) is 0 Å². The third-order valence-electron chi connectivity index (χ3n) is 3.06. The Kier molecular flexibility index (Phi) is 5.04. The first-order valence-electron chi connectivity index (χ1n) is 6.80. The van der Waals surface area contributed by atoms with E-state index in [4.69, 9.17) is 16.3 Å². The lowest BCUT2D eigenvalue weighted by Gasteiger charge is -2.12.